The molecule has 3 rings (SSSR count). The van der Waals surface area contributed by atoms with Crippen LogP contribution in [0.4, 0.5) is 0 Å². The lowest BCUT2D eigenvalue weighted by Gasteiger charge is -2.24. The second-order valence-electron chi connectivity index (χ2n) is 9.05. The molecule has 0 unspecified atom stereocenters. The average molecular weight is 452 g/mol. The maximum absolute atomic E-state index is 12.6. The Morgan fingerprint density at radius 2 is 1.88 bits per heavy atom. The van der Waals surface area contributed by atoms with Crippen molar-refractivity contribution in [2.24, 2.45) is 0 Å². The number of nitrogens with one attached hydrogen (secondary N) is 2. The molecule has 2 aromatic carbocycles. The predicted octanol–water partition coefficient (Wildman–Crippen LogP) is 3.82. The molecule has 0 spiro atoms. The molecule has 6 nitrogen and oxygen atoms in total. The minimum absolute atomic E-state index is 0.0501. The van der Waals surface area contributed by atoms with Gasteiger partial charge in [-0.25, -0.2) is 0 Å². The Morgan fingerprint density at radius 3 is 2.67 bits per heavy atom. The van der Waals surface area contributed by atoms with Crippen molar-refractivity contribution < 1.29 is 14.3 Å². The van der Waals surface area contributed by atoms with E-state index in [9.17, 15) is 9.59 Å². The van der Waals surface area contributed by atoms with Gasteiger partial charge in [-0.3, -0.25) is 14.5 Å². The highest BCUT2D eigenvalue weighted by atomic mass is 16.5. The molecule has 1 aliphatic rings. The maximum atomic E-state index is 12.6. The minimum Gasteiger partial charge on any atom is -0.493 e. The molecule has 0 saturated heterocycles. The van der Waals surface area contributed by atoms with Gasteiger partial charge in [-0.15, -0.1) is 0 Å². The third-order valence-electron chi connectivity index (χ3n) is 5.63. The van der Waals surface area contributed by atoms with Crippen LogP contribution in [-0.4, -0.2) is 42.5 Å². The molecular formula is C27H37N3O3. The quantitative estimate of drug-likeness (QED) is 0.700. The SMILES string of the molecule is CC(C)NC(=O)CCc1ccc2c(c1)CN(Cc1ccccc1)CC(=O)NCCCCCO2. The van der Waals surface area contributed by atoms with Gasteiger partial charge in [0.1, 0.15) is 5.75 Å². The molecule has 0 fully saturated rings. The van der Waals surface area contributed by atoms with Gasteiger partial charge in [0.25, 0.3) is 0 Å². The van der Waals surface area contributed by atoms with Crippen LogP contribution in [0.2, 0.25) is 0 Å². The predicted molar refractivity (Wildman–Crippen MR) is 131 cm³/mol. The summed E-state index contributed by atoms with van der Waals surface area (Å²) in [5.74, 6) is 0.977. The fourth-order valence-corrected chi connectivity index (χ4v) is 4.03. The molecule has 0 radical (unpaired) electrons. The second-order valence-corrected chi connectivity index (χ2v) is 9.05. The Labute approximate surface area is 197 Å². The summed E-state index contributed by atoms with van der Waals surface area (Å²) >= 11 is 0. The van der Waals surface area contributed by atoms with Gasteiger partial charge in [-0.2, -0.15) is 0 Å². The summed E-state index contributed by atoms with van der Waals surface area (Å²) in [5, 5.41) is 6.00. The molecule has 33 heavy (non-hydrogen) atoms. The molecule has 0 aromatic heterocycles. The Balaban J connectivity index is 1.80. The number of fused-ring (bicyclic) bond motifs is 1. The van der Waals surface area contributed by atoms with E-state index in [0.29, 0.717) is 45.6 Å². The topological polar surface area (TPSA) is 70.7 Å². The van der Waals surface area contributed by atoms with Gasteiger partial charge in [0.2, 0.25) is 11.8 Å². The zero-order valence-corrected chi connectivity index (χ0v) is 19.9. The Bertz CT molecular complexity index is 899. The fraction of sp³-hybridized carbons (Fsp3) is 0.481. The number of carbonyl (C=O) groups excluding carboxylic acids is 2. The van der Waals surface area contributed by atoms with E-state index in [2.05, 4.69) is 33.7 Å². The summed E-state index contributed by atoms with van der Waals surface area (Å²) in [7, 11) is 0. The fourth-order valence-electron chi connectivity index (χ4n) is 4.03. The summed E-state index contributed by atoms with van der Waals surface area (Å²) in [6, 6.07) is 16.6. The lowest BCUT2D eigenvalue weighted by atomic mass is 10.0. The van der Waals surface area contributed by atoms with E-state index in [1.807, 2.05) is 44.2 Å². The highest BCUT2D eigenvalue weighted by Gasteiger charge is 2.16. The molecule has 2 N–H and O–H groups in total. The summed E-state index contributed by atoms with van der Waals surface area (Å²) in [5.41, 5.74) is 3.32. The van der Waals surface area contributed by atoms with E-state index in [0.717, 1.165) is 36.1 Å². The second kappa shape index (κ2) is 13.0. The first-order chi connectivity index (χ1) is 16.0. The van der Waals surface area contributed by atoms with Crippen molar-refractivity contribution in [2.75, 3.05) is 19.7 Å². The first-order valence-corrected chi connectivity index (χ1v) is 12.1. The molecule has 1 aliphatic heterocycles. The zero-order valence-electron chi connectivity index (χ0n) is 19.9. The molecule has 178 valence electrons. The van der Waals surface area contributed by atoms with Crippen LogP contribution >= 0.6 is 0 Å². The first kappa shape index (κ1) is 24.8. The van der Waals surface area contributed by atoms with Crippen molar-refractivity contribution in [1.82, 2.24) is 15.5 Å². The number of benzene rings is 2. The Morgan fingerprint density at radius 1 is 1.06 bits per heavy atom. The molecule has 0 bridgehead atoms. The van der Waals surface area contributed by atoms with Crippen LogP contribution in [0.25, 0.3) is 0 Å². The van der Waals surface area contributed by atoms with E-state index in [4.69, 9.17) is 4.74 Å². The van der Waals surface area contributed by atoms with E-state index in [1.165, 1.54) is 5.56 Å². The zero-order chi connectivity index (χ0) is 23.5. The van der Waals surface area contributed by atoms with E-state index >= 15 is 0 Å². The lowest BCUT2D eigenvalue weighted by Crippen LogP contribution is -2.37. The summed E-state index contributed by atoms with van der Waals surface area (Å²) in [6.07, 6.45) is 4.06. The molecule has 6 heteroatoms. The third-order valence-corrected chi connectivity index (χ3v) is 5.63. The maximum Gasteiger partial charge on any atom is 0.234 e. The van der Waals surface area contributed by atoms with Crippen molar-refractivity contribution in [2.45, 2.75) is 65.1 Å². The van der Waals surface area contributed by atoms with Gasteiger partial charge >= 0.3 is 0 Å². The first-order valence-electron chi connectivity index (χ1n) is 12.1. The monoisotopic (exact) mass is 451 g/mol. The highest BCUT2D eigenvalue weighted by molar-refractivity contribution is 5.78. The number of rotatable bonds is 6. The van der Waals surface area contributed by atoms with E-state index < -0.39 is 0 Å². The van der Waals surface area contributed by atoms with Crippen LogP contribution < -0.4 is 15.4 Å². The molecule has 2 amide bonds. The van der Waals surface area contributed by atoms with Gasteiger partial charge in [-0.05, 0) is 56.7 Å². The number of aryl methyl sites for hydroxylation is 1. The standard InChI is InChI=1S/C27H37N3O3/c1-21(2)29-26(31)14-12-22-11-13-25-24(17-22)19-30(18-23-9-5-3-6-10-23)20-27(32)28-15-7-4-8-16-33-25/h3,5-6,9-11,13,17,21H,4,7-8,12,14-16,18-20H2,1-2H3,(H,28,32)(H,29,31). The summed E-state index contributed by atoms with van der Waals surface area (Å²) < 4.78 is 6.15. The number of ether oxygens (including phenoxy) is 1. The molecule has 2 aromatic rings. The number of hydrogen-bond acceptors (Lipinski definition) is 4. The minimum atomic E-state index is 0.0501. The smallest absolute Gasteiger partial charge is 0.234 e. The number of amides is 2. The van der Waals surface area contributed by atoms with Crippen molar-refractivity contribution in [3.05, 3.63) is 65.2 Å². The van der Waals surface area contributed by atoms with Gasteiger partial charge < -0.3 is 15.4 Å². The van der Waals surface area contributed by atoms with Crippen LogP contribution in [0.1, 0.15) is 56.2 Å². The van der Waals surface area contributed by atoms with Crippen molar-refractivity contribution in [1.29, 1.82) is 0 Å². The number of hydrogen-bond donors (Lipinski definition) is 2. The van der Waals surface area contributed by atoms with Gasteiger partial charge in [0, 0.05) is 37.7 Å². The number of carbonyl (C=O) groups is 2. The van der Waals surface area contributed by atoms with Crippen molar-refractivity contribution in [3.8, 4) is 5.75 Å². The van der Waals surface area contributed by atoms with E-state index in [1.54, 1.807) is 0 Å². The molecule has 0 aliphatic carbocycles. The largest absolute Gasteiger partial charge is 0.493 e. The van der Waals surface area contributed by atoms with Gasteiger partial charge in [0.05, 0.1) is 13.2 Å². The van der Waals surface area contributed by atoms with Crippen LogP contribution in [0.3, 0.4) is 0 Å². The van der Waals surface area contributed by atoms with Crippen LogP contribution in [0.5, 0.6) is 5.75 Å². The van der Waals surface area contributed by atoms with Crippen LogP contribution in [-0.2, 0) is 29.1 Å². The Hall–Kier alpha value is -2.86. The number of nitrogens with zero attached hydrogens (tertiary/aromatic N) is 1. The van der Waals surface area contributed by atoms with Crippen molar-refractivity contribution in [3.63, 3.8) is 0 Å². The van der Waals surface area contributed by atoms with Gasteiger partial charge in [-0.1, -0.05) is 42.5 Å². The van der Waals surface area contributed by atoms with E-state index in [-0.39, 0.29) is 17.9 Å². The normalized spacial score (nSPS) is 15.9. The highest BCUT2D eigenvalue weighted by Crippen LogP contribution is 2.24. The van der Waals surface area contributed by atoms with Gasteiger partial charge in [0.15, 0.2) is 0 Å². The molecule has 0 atom stereocenters. The summed E-state index contributed by atoms with van der Waals surface area (Å²) in [6.45, 7) is 6.91. The van der Waals surface area contributed by atoms with Crippen LogP contribution in [0, 0.1) is 0 Å². The average Bonchev–Trinajstić information content (AvgIpc) is 2.79. The lowest BCUT2D eigenvalue weighted by molar-refractivity contribution is -0.123. The molecule has 0 saturated carbocycles. The molecular weight excluding hydrogens is 414 g/mol. The Kier molecular flexibility index (Phi) is 9.76. The van der Waals surface area contributed by atoms with Crippen LogP contribution in [0.15, 0.2) is 48.5 Å². The summed E-state index contributed by atoms with van der Waals surface area (Å²) in [4.78, 5) is 26.9. The molecule has 1 heterocycles. The van der Waals surface area contributed by atoms with Crippen molar-refractivity contribution >= 4 is 11.8 Å². The third kappa shape index (κ3) is 8.89.